The number of methoxy groups -OCH3 is 1. The first-order chi connectivity index (χ1) is 8.13. The first kappa shape index (κ1) is 12.4. The lowest BCUT2D eigenvalue weighted by Gasteiger charge is -2.30. The summed E-state index contributed by atoms with van der Waals surface area (Å²) < 4.78 is 5.29. The van der Waals surface area contributed by atoms with Crippen LogP contribution < -0.4 is 10.5 Å². The van der Waals surface area contributed by atoms with Gasteiger partial charge in [-0.3, -0.25) is 4.90 Å². The molecular formula is C14H22N2O. The molecule has 0 spiro atoms. The number of rotatable bonds is 3. The molecule has 1 heterocycles. The molecule has 1 fully saturated rings. The lowest BCUT2D eigenvalue weighted by molar-refractivity contribution is 0.198. The second-order valence-corrected chi connectivity index (χ2v) is 5.01. The highest BCUT2D eigenvalue weighted by Gasteiger charge is 2.34. The second-order valence-electron chi connectivity index (χ2n) is 5.01. The van der Waals surface area contributed by atoms with Crippen molar-refractivity contribution in [3.63, 3.8) is 0 Å². The summed E-state index contributed by atoms with van der Waals surface area (Å²) in [5.74, 6) is 0.908. The van der Waals surface area contributed by atoms with E-state index in [0.29, 0.717) is 12.1 Å². The van der Waals surface area contributed by atoms with Gasteiger partial charge in [0.2, 0.25) is 0 Å². The molecule has 1 aromatic rings. The Morgan fingerprint density at radius 1 is 1.41 bits per heavy atom. The summed E-state index contributed by atoms with van der Waals surface area (Å²) in [4.78, 5) is 2.47. The Kier molecular flexibility index (Phi) is 3.69. The number of nitrogens with two attached hydrogens (primary N) is 1. The van der Waals surface area contributed by atoms with Crippen LogP contribution in [-0.4, -0.2) is 30.6 Å². The predicted octanol–water partition coefficient (Wildman–Crippen LogP) is 2.18. The van der Waals surface area contributed by atoms with Gasteiger partial charge in [-0.1, -0.05) is 12.1 Å². The van der Waals surface area contributed by atoms with Crippen LogP contribution in [0.4, 0.5) is 0 Å². The zero-order valence-electron chi connectivity index (χ0n) is 10.9. The SMILES string of the molecule is COc1cccc([C@H]2[C@H](N)CCN2C(C)C)c1. The van der Waals surface area contributed by atoms with E-state index >= 15 is 0 Å². The molecule has 1 aliphatic rings. The molecule has 2 N–H and O–H groups in total. The highest BCUT2D eigenvalue weighted by atomic mass is 16.5. The number of benzene rings is 1. The van der Waals surface area contributed by atoms with Crippen LogP contribution in [0.3, 0.4) is 0 Å². The Hall–Kier alpha value is -1.06. The molecule has 3 heteroatoms. The van der Waals surface area contributed by atoms with Gasteiger partial charge in [0.15, 0.2) is 0 Å². The van der Waals surface area contributed by atoms with E-state index in [1.165, 1.54) is 5.56 Å². The average molecular weight is 234 g/mol. The van der Waals surface area contributed by atoms with Crippen LogP contribution in [0.1, 0.15) is 31.9 Å². The number of ether oxygens (including phenoxy) is 1. The largest absolute Gasteiger partial charge is 0.497 e. The number of likely N-dealkylation sites (tertiary alicyclic amines) is 1. The summed E-state index contributed by atoms with van der Waals surface area (Å²) in [7, 11) is 1.70. The number of nitrogens with zero attached hydrogens (tertiary/aromatic N) is 1. The first-order valence-corrected chi connectivity index (χ1v) is 6.28. The fourth-order valence-electron chi connectivity index (χ4n) is 2.68. The van der Waals surface area contributed by atoms with Crippen molar-refractivity contribution in [1.82, 2.24) is 4.90 Å². The van der Waals surface area contributed by atoms with E-state index in [0.717, 1.165) is 18.7 Å². The molecule has 2 rings (SSSR count). The lowest BCUT2D eigenvalue weighted by Crippen LogP contribution is -2.35. The van der Waals surface area contributed by atoms with Crippen LogP contribution in [0.5, 0.6) is 5.75 Å². The van der Waals surface area contributed by atoms with Gasteiger partial charge in [-0.2, -0.15) is 0 Å². The van der Waals surface area contributed by atoms with Crippen LogP contribution in [-0.2, 0) is 0 Å². The van der Waals surface area contributed by atoms with E-state index in [1.54, 1.807) is 7.11 Å². The van der Waals surface area contributed by atoms with E-state index in [4.69, 9.17) is 10.5 Å². The van der Waals surface area contributed by atoms with Crippen molar-refractivity contribution in [3.8, 4) is 5.75 Å². The molecule has 0 unspecified atom stereocenters. The van der Waals surface area contributed by atoms with Crippen LogP contribution in [0.15, 0.2) is 24.3 Å². The second kappa shape index (κ2) is 5.07. The molecule has 0 radical (unpaired) electrons. The van der Waals surface area contributed by atoms with Gasteiger partial charge >= 0.3 is 0 Å². The van der Waals surface area contributed by atoms with Crippen molar-refractivity contribution in [3.05, 3.63) is 29.8 Å². The normalized spacial score (nSPS) is 25.5. The summed E-state index contributed by atoms with van der Waals surface area (Å²) in [5.41, 5.74) is 7.51. The third-order valence-electron chi connectivity index (χ3n) is 3.58. The summed E-state index contributed by atoms with van der Waals surface area (Å²) in [6, 6.07) is 9.34. The minimum absolute atomic E-state index is 0.226. The van der Waals surface area contributed by atoms with Gasteiger partial charge in [0, 0.05) is 18.6 Å². The van der Waals surface area contributed by atoms with Crippen LogP contribution in [0.25, 0.3) is 0 Å². The molecule has 0 aliphatic carbocycles. The lowest BCUT2D eigenvalue weighted by atomic mass is 10.00. The van der Waals surface area contributed by atoms with Gasteiger partial charge in [-0.25, -0.2) is 0 Å². The van der Waals surface area contributed by atoms with Gasteiger partial charge in [0.25, 0.3) is 0 Å². The van der Waals surface area contributed by atoms with Crippen molar-refractivity contribution in [2.45, 2.75) is 38.4 Å². The Morgan fingerprint density at radius 3 is 2.82 bits per heavy atom. The first-order valence-electron chi connectivity index (χ1n) is 6.28. The Morgan fingerprint density at radius 2 is 2.18 bits per heavy atom. The molecule has 0 amide bonds. The number of hydrogen-bond acceptors (Lipinski definition) is 3. The van der Waals surface area contributed by atoms with E-state index in [-0.39, 0.29) is 6.04 Å². The highest BCUT2D eigenvalue weighted by molar-refractivity contribution is 5.32. The summed E-state index contributed by atoms with van der Waals surface area (Å²) in [6.45, 7) is 5.54. The van der Waals surface area contributed by atoms with Gasteiger partial charge in [-0.15, -0.1) is 0 Å². The standard InChI is InChI=1S/C14H22N2O/c1-10(2)16-8-7-13(15)14(16)11-5-4-6-12(9-11)17-3/h4-6,9-10,13-14H,7-8,15H2,1-3H3/t13-,14+/m1/s1. The molecule has 0 saturated carbocycles. The third-order valence-corrected chi connectivity index (χ3v) is 3.58. The monoisotopic (exact) mass is 234 g/mol. The maximum absolute atomic E-state index is 6.25. The molecular weight excluding hydrogens is 212 g/mol. The molecule has 1 aliphatic heterocycles. The quantitative estimate of drug-likeness (QED) is 0.871. The third kappa shape index (κ3) is 2.45. The van der Waals surface area contributed by atoms with Gasteiger partial charge in [0.1, 0.15) is 5.75 Å². The fourth-order valence-corrected chi connectivity index (χ4v) is 2.68. The summed E-state index contributed by atoms with van der Waals surface area (Å²) >= 11 is 0. The average Bonchev–Trinajstić information content (AvgIpc) is 2.71. The minimum atomic E-state index is 0.226. The van der Waals surface area contributed by atoms with E-state index in [9.17, 15) is 0 Å². The zero-order chi connectivity index (χ0) is 12.4. The smallest absolute Gasteiger partial charge is 0.119 e. The Labute approximate surface area is 104 Å². The predicted molar refractivity (Wildman–Crippen MR) is 70.2 cm³/mol. The maximum Gasteiger partial charge on any atom is 0.119 e. The van der Waals surface area contributed by atoms with Crippen molar-refractivity contribution in [2.75, 3.05) is 13.7 Å². The molecule has 17 heavy (non-hydrogen) atoms. The van der Waals surface area contributed by atoms with Gasteiger partial charge in [0.05, 0.1) is 13.2 Å². The van der Waals surface area contributed by atoms with Crippen LogP contribution >= 0.6 is 0 Å². The van der Waals surface area contributed by atoms with Crippen molar-refractivity contribution in [1.29, 1.82) is 0 Å². The van der Waals surface area contributed by atoms with E-state index in [1.807, 2.05) is 12.1 Å². The fraction of sp³-hybridized carbons (Fsp3) is 0.571. The van der Waals surface area contributed by atoms with Crippen LogP contribution in [0, 0.1) is 0 Å². The molecule has 3 nitrogen and oxygen atoms in total. The topological polar surface area (TPSA) is 38.5 Å². The zero-order valence-corrected chi connectivity index (χ0v) is 10.9. The van der Waals surface area contributed by atoms with Gasteiger partial charge < -0.3 is 10.5 Å². The molecule has 2 atom stereocenters. The number of hydrogen-bond donors (Lipinski definition) is 1. The van der Waals surface area contributed by atoms with Gasteiger partial charge in [-0.05, 0) is 38.0 Å². The molecule has 94 valence electrons. The molecule has 1 saturated heterocycles. The Balaban J connectivity index is 2.29. The van der Waals surface area contributed by atoms with Crippen LogP contribution in [0.2, 0.25) is 0 Å². The Bertz CT molecular complexity index is 378. The van der Waals surface area contributed by atoms with Crippen molar-refractivity contribution >= 4 is 0 Å². The minimum Gasteiger partial charge on any atom is -0.497 e. The van der Waals surface area contributed by atoms with E-state index in [2.05, 4.69) is 30.9 Å². The maximum atomic E-state index is 6.25. The summed E-state index contributed by atoms with van der Waals surface area (Å²) in [6.07, 6.45) is 1.07. The molecule has 0 aromatic heterocycles. The molecule has 0 bridgehead atoms. The summed E-state index contributed by atoms with van der Waals surface area (Å²) in [5, 5.41) is 0. The van der Waals surface area contributed by atoms with Crippen molar-refractivity contribution in [2.24, 2.45) is 5.73 Å². The van der Waals surface area contributed by atoms with E-state index < -0.39 is 0 Å². The molecule has 1 aromatic carbocycles. The van der Waals surface area contributed by atoms with Crippen molar-refractivity contribution < 1.29 is 4.74 Å². The highest BCUT2D eigenvalue weighted by Crippen LogP contribution is 2.34.